The number of ketones is 1. The third-order valence-electron chi connectivity index (χ3n) is 6.22. The number of hydrogen-bond acceptors (Lipinski definition) is 5. The predicted molar refractivity (Wildman–Crippen MR) is 126 cm³/mol. The maximum Gasteiger partial charge on any atom is 0.295 e. The second-order valence-electron chi connectivity index (χ2n) is 8.58. The molecule has 6 heteroatoms. The van der Waals surface area contributed by atoms with Gasteiger partial charge in [0, 0.05) is 18.7 Å². The van der Waals surface area contributed by atoms with Gasteiger partial charge in [0.15, 0.2) is 0 Å². The molecule has 0 bridgehead atoms. The molecule has 4 rings (SSSR count). The first-order valence-electron chi connectivity index (χ1n) is 11.8. The molecule has 2 aromatic carbocycles. The van der Waals surface area contributed by atoms with Crippen LogP contribution in [0.4, 0.5) is 0 Å². The van der Waals surface area contributed by atoms with Crippen molar-refractivity contribution >= 4 is 17.4 Å². The van der Waals surface area contributed by atoms with E-state index in [0.717, 1.165) is 43.4 Å². The maximum absolute atomic E-state index is 13.1. The van der Waals surface area contributed by atoms with Gasteiger partial charge < -0.3 is 19.5 Å². The predicted octanol–water partition coefficient (Wildman–Crippen LogP) is 4.86. The number of benzene rings is 2. The fourth-order valence-electron chi connectivity index (χ4n) is 4.46. The first kappa shape index (κ1) is 23.1. The van der Waals surface area contributed by atoms with Crippen molar-refractivity contribution in [1.82, 2.24) is 4.90 Å². The number of unbranched alkanes of at least 4 members (excludes halogenated alkanes) is 2. The number of aliphatic hydroxyl groups is 1. The van der Waals surface area contributed by atoms with E-state index in [1.165, 1.54) is 0 Å². The van der Waals surface area contributed by atoms with Crippen LogP contribution in [0, 0.1) is 0 Å². The van der Waals surface area contributed by atoms with Crippen molar-refractivity contribution in [3.8, 4) is 5.75 Å². The van der Waals surface area contributed by atoms with Crippen molar-refractivity contribution in [1.29, 1.82) is 0 Å². The molecule has 2 atom stereocenters. The van der Waals surface area contributed by atoms with E-state index in [0.29, 0.717) is 25.3 Å². The number of ether oxygens (including phenoxy) is 2. The van der Waals surface area contributed by atoms with Gasteiger partial charge in [-0.05, 0) is 37.0 Å². The van der Waals surface area contributed by atoms with Crippen LogP contribution < -0.4 is 4.74 Å². The molecular weight excluding hydrogens is 418 g/mol. The summed E-state index contributed by atoms with van der Waals surface area (Å²) in [6.45, 7) is 3.78. The molecule has 2 aliphatic rings. The van der Waals surface area contributed by atoms with Gasteiger partial charge in [0.05, 0.1) is 24.3 Å². The molecule has 2 saturated heterocycles. The molecule has 0 radical (unpaired) electrons. The highest BCUT2D eigenvalue weighted by molar-refractivity contribution is 6.46. The molecule has 1 N–H and O–H groups in total. The van der Waals surface area contributed by atoms with E-state index in [1.54, 1.807) is 29.2 Å². The highest BCUT2D eigenvalue weighted by Crippen LogP contribution is 2.40. The van der Waals surface area contributed by atoms with E-state index in [1.807, 2.05) is 30.3 Å². The van der Waals surface area contributed by atoms with Gasteiger partial charge >= 0.3 is 0 Å². The van der Waals surface area contributed by atoms with Crippen LogP contribution in [0.3, 0.4) is 0 Å². The SMILES string of the molecule is CCCCCOc1ccc(C2C(=C(O)c3ccccc3)C(=O)C(=O)N2CC2CCCO2)cc1. The van der Waals surface area contributed by atoms with Crippen LogP contribution in [0.2, 0.25) is 0 Å². The molecule has 0 spiro atoms. The minimum absolute atomic E-state index is 0.108. The highest BCUT2D eigenvalue weighted by atomic mass is 16.5. The first-order valence-corrected chi connectivity index (χ1v) is 11.8. The number of aliphatic hydroxyl groups excluding tert-OH is 1. The van der Waals surface area contributed by atoms with Gasteiger partial charge in [-0.3, -0.25) is 9.59 Å². The molecule has 2 fully saturated rings. The number of rotatable bonds is 9. The van der Waals surface area contributed by atoms with Crippen molar-refractivity contribution in [3.05, 3.63) is 71.3 Å². The summed E-state index contributed by atoms with van der Waals surface area (Å²) in [5.74, 6) is -0.685. The van der Waals surface area contributed by atoms with Gasteiger partial charge in [-0.15, -0.1) is 0 Å². The number of nitrogens with zero attached hydrogens (tertiary/aromatic N) is 1. The molecule has 174 valence electrons. The van der Waals surface area contributed by atoms with Crippen LogP contribution in [0.15, 0.2) is 60.2 Å². The van der Waals surface area contributed by atoms with Crippen LogP contribution in [0.25, 0.3) is 5.76 Å². The summed E-state index contributed by atoms with van der Waals surface area (Å²) in [5.41, 5.74) is 1.37. The zero-order valence-corrected chi connectivity index (χ0v) is 19.0. The molecule has 1 amide bonds. The Morgan fingerprint density at radius 3 is 2.52 bits per heavy atom. The molecule has 0 saturated carbocycles. The average molecular weight is 450 g/mol. The minimum Gasteiger partial charge on any atom is -0.507 e. The normalized spacial score (nSPS) is 22.2. The summed E-state index contributed by atoms with van der Waals surface area (Å²) < 4.78 is 11.6. The van der Waals surface area contributed by atoms with Crippen molar-refractivity contribution in [2.24, 2.45) is 0 Å². The van der Waals surface area contributed by atoms with Crippen molar-refractivity contribution in [3.63, 3.8) is 0 Å². The summed E-state index contributed by atoms with van der Waals surface area (Å²) in [5, 5.41) is 11.1. The second-order valence-corrected chi connectivity index (χ2v) is 8.58. The summed E-state index contributed by atoms with van der Waals surface area (Å²) in [6.07, 6.45) is 4.93. The highest BCUT2D eigenvalue weighted by Gasteiger charge is 2.47. The number of carbonyl (C=O) groups excluding carboxylic acids is 2. The molecule has 2 heterocycles. The van der Waals surface area contributed by atoms with E-state index in [2.05, 4.69) is 6.92 Å². The standard InChI is InChI=1S/C27H31NO5/c1-2-3-7-16-32-21-14-12-19(13-15-21)24-23(25(29)20-9-5-4-6-10-20)26(30)27(31)28(24)18-22-11-8-17-33-22/h4-6,9-10,12-15,22,24,29H,2-3,7-8,11,16-18H2,1H3. The van der Waals surface area contributed by atoms with Gasteiger partial charge in [0.2, 0.25) is 0 Å². The second kappa shape index (κ2) is 10.7. The van der Waals surface area contributed by atoms with Crippen molar-refractivity contribution < 1.29 is 24.2 Å². The van der Waals surface area contributed by atoms with E-state index < -0.39 is 17.7 Å². The van der Waals surface area contributed by atoms with Crippen LogP contribution in [-0.4, -0.2) is 47.6 Å². The van der Waals surface area contributed by atoms with Crippen LogP contribution in [0.1, 0.15) is 56.2 Å². The molecule has 6 nitrogen and oxygen atoms in total. The third kappa shape index (κ3) is 5.11. The van der Waals surface area contributed by atoms with Gasteiger partial charge in [0.1, 0.15) is 11.5 Å². The molecular formula is C27H31NO5. The molecule has 0 aliphatic carbocycles. The fourth-order valence-corrected chi connectivity index (χ4v) is 4.46. The van der Waals surface area contributed by atoms with Gasteiger partial charge in [-0.1, -0.05) is 62.2 Å². The van der Waals surface area contributed by atoms with Crippen LogP contribution in [0.5, 0.6) is 5.75 Å². The Kier molecular flexibility index (Phi) is 7.45. The monoisotopic (exact) mass is 449 g/mol. The fraction of sp³-hybridized carbons (Fsp3) is 0.407. The van der Waals surface area contributed by atoms with Gasteiger partial charge in [-0.2, -0.15) is 0 Å². The third-order valence-corrected chi connectivity index (χ3v) is 6.22. The molecule has 33 heavy (non-hydrogen) atoms. The zero-order chi connectivity index (χ0) is 23.2. The lowest BCUT2D eigenvalue weighted by atomic mass is 9.95. The van der Waals surface area contributed by atoms with Crippen molar-refractivity contribution in [2.75, 3.05) is 19.8 Å². The smallest absolute Gasteiger partial charge is 0.295 e. The van der Waals surface area contributed by atoms with Gasteiger partial charge in [-0.25, -0.2) is 0 Å². The lowest BCUT2D eigenvalue weighted by Crippen LogP contribution is -2.36. The molecule has 2 unspecified atom stereocenters. The van der Waals surface area contributed by atoms with E-state index in [-0.39, 0.29) is 17.4 Å². The Morgan fingerprint density at radius 2 is 1.85 bits per heavy atom. The molecule has 0 aromatic heterocycles. The number of likely N-dealkylation sites (tertiary alicyclic amines) is 1. The Labute approximate surface area is 194 Å². The van der Waals surface area contributed by atoms with E-state index in [9.17, 15) is 14.7 Å². The van der Waals surface area contributed by atoms with E-state index >= 15 is 0 Å². The number of Topliss-reactive ketones (excluding diaryl/α,β-unsaturated/α-hetero) is 1. The summed E-state index contributed by atoms with van der Waals surface area (Å²) in [7, 11) is 0. The lowest BCUT2D eigenvalue weighted by Gasteiger charge is -2.27. The van der Waals surface area contributed by atoms with Crippen LogP contribution >= 0.6 is 0 Å². The largest absolute Gasteiger partial charge is 0.507 e. The molecule has 2 aliphatic heterocycles. The Bertz CT molecular complexity index is 993. The summed E-state index contributed by atoms with van der Waals surface area (Å²) in [4.78, 5) is 27.7. The topological polar surface area (TPSA) is 76.1 Å². The van der Waals surface area contributed by atoms with Crippen LogP contribution in [-0.2, 0) is 14.3 Å². The average Bonchev–Trinajstić information content (AvgIpc) is 3.45. The van der Waals surface area contributed by atoms with Crippen molar-refractivity contribution in [2.45, 2.75) is 51.2 Å². The number of carbonyl (C=O) groups is 2. The maximum atomic E-state index is 13.1. The van der Waals surface area contributed by atoms with Gasteiger partial charge in [0.25, 0.3) is 11.7 Å². The molecule has 2 aromatic rings. The first-order chi connectivity index (χ1) is 16.1. The summed E-state index contributed by atoms with van der Waals surface area (Å²) in [6, 6.07) is 15.6. The Hall–Kier alpha value is -3.12. The number of amides is 1. The van der Waals surface area contributed by atoms with E-state index in [4.69, 9.17) is 9.47 Å². The Morgan fingerprint density at radius 1 is 1.09 bits per heavy atom. The Balaban J connectivity index is 1.67. The zero-order valence-electron chi connectivity index (χ0n) is 19.0. The number of hydrogen-bond donors (Lipinski definition) is 1. The lowest BCUT2D eigenvalue weighted by molar-refractivity contribution is -0.140. The minimum atomic E-state index is -0.677. The quantitative estimate of drug-likeness (QED) is 0.256. The summed E-state index contributed by atoms with van der Waals surface area (Å²) >= 11 is 0.